The van der Waals surface area contributed by atoms with Crippen molar-refractivity contribution >= 4 is 32.7 Å². The van der Waals surface area contributed by atoms with E-state index in [0.29, 0.717) is 41.7 Å². The third kappa shape index (κ3) is 4.42. The second kappa shape index (κ2) is 9.12. The lowest BCUT2D eigenvalue weighted by molar-refractivity contribution is 0.0974. The molecule has 4 aliphatic rings. The van der Waals surface area contributed by atoms with E-state index in [1.807, 2.05) is 13.8 Å². The highest BCUT2D eigenvalue weighted by Crippen LogP contribution is 2.48. The fourth-order valence-electron chi connectivity index (χ4n) is 6.11. The first-order valence-electron chi connectivity index (χ1n) is 13.8. The van der Waals surface area contributed by atoms with Crippen molar-refractivity contribution in [2.75, 3.05) is 24.6 Å². The largest absolute Gasteiger partial charge is 0.376 e. The van der Waals surface area contributed by atoms with Gasteiger partial charge in [-0.1, -0.05) is 11.3 Å². The number of anilines is 1. The van der Waals surface area contributed by atoms with E-state index in [4.69, 9.17) is 15.5 Å². The summed E-state index contributed by atoms with van der Waals surface area (Å²) in [7, 11) is -3.87. The Kier molecular flexibility index (Phi) is 6.07. The maximum atomic E-state index is 13.6. The molecule has 2 saturated heterocycles. The van der Waals surface area contributed by atoms with Crippen LogP contribution in [0.4, 0.5) is 14.5 Å². The molecular formula is C26H33F2N7O3S2. The van der Waals surface area contributed by atoms with Gasteiger partial charge in [-0.2, -0.15) is 0 Å². The van der Waals surface area contributed by atoms with Gasteiger partial charge in [0.2, 0.25) is 10.0 Å². The highest BCUT2D eigenvalue weighted by atomic mass is 32.2. The number of aromatic nitrogens is 4. The molecule has 2 aliphatic carbocycles. The van der Waals surface area contributed by atoms with Gasteiger partial charge < -0.3 is 15.4 Å². The van der Waals surface area contributed by atoms with Crippen LogP contribution in [0.1, 0.15) is 75.4 Å². The number of halogens is 2. The van der Waals surface area contributed by atoms with E-state index in [2.05, 4.69) is 19.8 Å². The molecule has 40 heavy (non-hydrogen) atoms. The van der Waals surface area contributed by atoms with Crippen LogP contribution >= 0.6 is 11.3 Å². The van der Waals surface area contributed by atoms with Gasteiger partial charge in [0.25, 0.3) is 6.43 Å². The van der Waals surface area contributed by atoms with Crippen LogP contribution in [-0.4, -0.2) is 65.4 Å². The van der Waals surface area contributed by atoms with E-state index >= 15 is 0 Å². The van der Waals surface area contributed by atoms with E-state index < -0.39 is 22.0 Å². The summed E-state index contributed by atoms with van der Waals surface area (Å²) in [5.74, 6) is 0.171. The molecule has 7 rings (SSSR count). The Balaban J connectivity index is 1.36. The van der Waals surface area contributed by atoms with Crippen molar-refractivity contribution in [3.8, 4) is 10.7 Å². The van der Waals surface area contributed by atoms with Crippen LogP contribution in [0.5, 0.6) is 0 Å². The molecule has 14 heteroatoms. The monoisotopic (exact) mass is 593 g/mol. The summed E-state index contributed by atoms with van der Waals surface area (Å²) in [4.78, 5) is 7.30. The Labute approximate surface area is 235 Å². The summed E-state index contributed by atoms with van der Waals surface area (Å²) in [5, 5.41) is 7.74. The van der Waals surface area contributed by atoms with E-state index in [1.165, 1.54) is 0 Å². The van der Waals surface area contributed by atoms with Gasteiger partial charge in [-0.25, -0.2) is 26.9 Å². The van der Waals surface area contributed by atoms with Crippen LogP contribution < -0.4 is 15.4 Å². The molecule has 4 fully saturated rings. The lowest BCUT2D eigenvalue weighted by Gasteiger charge is -2.42. The second-order valence-electron chi connectivity index (χ2n) is 12.2. The van der Waals surface area contributed by atoms with Crippen molar-refractivity contribution in [3.63, 3.8) is 0 Å². The van der Waals surface area contributed by atoms with Crippen molar-refractivity contribution in [3.05, 3.63) is 23.0 Å². The van der Waals surface area contributed by atoms with Crippen molar-refractivity contribution in [2.45, 2.75) is 87.3 Å². The predicted octanol–water partition coefficient (Wildman–Crippen LogP) is 3.83. The zero-order chi connectivity index (χ0) is 28.0. The molecule has 2 atom stereocenters. The minimum atomic E-state index is -3.87. The number of rotatable bonds is 7. The standard InChI is InChI=1S/C26H33F2N7O3S2/c1-14-20(29)26(13-38-14)7-9-34(10-8-26)17-11-16(40(36,37)33-25(2)5-6-25)12-35-19(18(15-3-4-15)30-22(17)35)23-31-32-24(39-23)21(27)28/h11-12,14-15,20-21,33H,3-10,13,29H2,1-2H3/t14-,20+/m1/s1. The van der Waals surface area contributed by atoms with Crippen molar-refractivity contribution in [2.24, 2.45) is 11.1 Å². The lowest BCUT2D eigenvalue weighted by atomic mass is 9.73. The molecule has 1 spiro atoms. The summed E-state index contributed by atoms with van der Waals surface area (Å²) in [6, 6.07) is 1.65. The van der Waals surface area contributed by atoms with Crippen LogP contribution in [0.15, 0.2) is 17.2 Å². The fraction of sp³-hybridized carbons (Fsp3) is 0.654. The van der Waals surface area contributed by atoms with E-state index in [1.54, 1.807) is 16.7 Å². The molecule has 2 aliphatic heterocycles. The Morgan fingerprint density at radius 3 is 2.50 bits per heavy atom. The third-order valence-corrected chi connectivity index (χ3v) is 11.7. The number of imidazole rings is 1. The topological polar surface area (TPSA) is 128 Å². The Morgan fingerprint density at radius 1 is 1.20 bits per heavy atom. The van der Waals surface area contributed by atoms with Crippen LogP contribution in [0.3, 0.4) is 0 Å². The van der Waals surface area contributed by atoms with Crippen molar-refractivity contribution in [1.82, 2.24) is 24.3 Å². The molecule has 0 amide bonds. The Hall–Kier alpha value is -2.26. The van der Waals surface area contributed by atoms with Crippen LogP contribution in [0.2, 0.25) is 0 Å². The molecule has 0 aromatic carbocycles. The number of pyridine rings is 1. The smallest absolute Gasteiger partial charge is 0.291 e. The van der Waals surface area contributed by atoms with Gasteiger partial charge in [0.05, 0.1) is 24.1 Å². The first kappa shape index (κ1) is 26.6. The molecule has 10 nitrogen and oxygen atoms in total. The van der Waals surface area contributed by atoms with Gasteiger partial charge in [0.15, 0.2) is 15.7 Å². The zero-order valence-electron chi connectivity index (χ0n) is 22.4. The summed E-state index contributed by atoms with van der Waals surface area (Å²) in [5.41, 5.74) is 8.59. The second-order valence-corrected chi connectivity index (χ2v) is 14.9. The number of sulfonamides is 1. The fourth-order valence-corrected chi connectivity index (χ4v) is 8.34. The van der Waals surface area contributed by atoms with Gasteiger partial charge in [-0.3, -0.25) is 4.40 Å². The average Bonchev–Trinajstić information content (AvgIpc) is 3.77. The van der Waals surface area contributed by atoms with Gasteiger partial charge in [-0.05, 0) is 58.4 Å². The maximum Gasteiger partial charge on any atom is 0.291 e. The van der Waals surface area contributed by atoms with Gasteiger partial charge in [0, 0.05) is 42.2 Å². The summed E-state index contributed by atoms with van der Waals surface area (Å²) >= 11 is 0.821. The predicted molar refractivity (Wildman–Crippen MR) is 146 cm³/mol. The molecule has 5 heterocycles. The molecule has 3 aromatic heterocycles. The average molecular weight is 594 g/mol. The Bertz CT molecular complexity index is 1570. The van der Waals surface area contributed by atoms with Crippen LogP contribution in [0.25, 0.3) is 16.3 Å². The highest BCUT2D eigenvalue weighted by Gasteiger charge is 2.48. The molecule has 216 valence electrons. The minimum absolute atomic E-state index is 0.00239. The normalized spacial score (nSPS) is 25.9. The number of nitrogens with zero attached hydrogens (tertiary/aromatic N) is 5. The molecule has 2 saturated carbocycles. The number of alkyl halides is 2. The molecule has 0 bridgehead atoms. The Morgan fingerprint density at radius 2 is 1.93 bits per heavy atom. The lowest BCUT2D eigenvalue weighted by Crippen LogP contribution is -2.50. The number of ether oxygens (including phenoxy) is 1. The summed E-state index contributed by atoms with van der Waals surface area (Å²) < 4.78 is 64.6. The first-order valence-corrected chi connectivity index (χ1v) is 16.1. The molecule has 3 N–H and O–H groups in total. The highest BCUT2D eigenvalue weighted by molar-refractivity contribution is 7.89. The van der Waals surface area contributed by atoms with Gasteiger partial charge in [-0.15, -0.1) is 10.2 Å². The number of nitrogens with two attached hydrogens (primary N) is 1. The van der Waals surface area contributed by atoms with E-state index in [0.717, 1.165) is 55.6 Å². The SMILES string of the molecule is C[C@H]1OCC2(CCN(c3cc(S(=O)(=O)NC4(C)CC4)cn4c(-c5nnc(C(F)F)s5)c(C5CC5)nc34)CC2)[C@H]1N. The van der Waals surface area contributed by atoms with E-state index in [9.17, 15) is 17.2 Å². The number of nitrogens with one attached hydrogen (secondary N) is 1. The number of hydrogen-bond acceptors (Lipinski definition) is 9. The molecule has 0 unspecified atom stereocenters. The molecule has 0 radical (unpaired) electrons. The summed E-state index contributed by atoms with van der Waals surface area (Å²) in [6.07, 6.45) is 3.86. The van der Waals surface area contributed by atoms with Crippen molar-refractivity contribution in [1.29, 1.82) is 0 Å². The molecule has 3 aromatic rings. The van der Waals surface area contributed by atoms with Gasteiger partial charge in [0.1, 0.15) is 10.6 Å². The maximum absolute atomic E-state index is 13.6. The minimum Gasteiger partial charge on any atom is -0.376 e. The van der Waals surface area contributed by atoms with Crippen LogP contribution in [0, 0.1) is 5.41 Å². The number of piperidine rings is 1. The van der Waals surface area contributed by atoms with Crippen molar-refractivity contribution < 1.29 is 21.9 Å². The van der Waals surface area contributed by atoms with E-state index in [-0.39, 0.29) is 33.4 Å². The first-order chi connectivity index (χ1) is 19.0. The quantitative estimate of drug-likeness (QED) is 0.423. The zero-order valence-corrected chi connectivity index (χ0v) is 24.1. The molecular weight excluding hydrogens is 560 g/mol. The number of fused-ring (bicyclic) bond motifs is 1. The number of hydrogen-bond donors (Lipinski definition) is 2. The third-order valence-electron chi connectivity index (χ3n) is 9.13. The van der Waals surface area contributed by atoms with Gasteiger partial charge >= 0.3 is 0 Å². The summed E-state index contributed by atoms with van der Waals surface area (Å²) in [6.45, 7) is 5.86. The van der Waals surface area contributed by atoms with Crippen LogP contribution in [-0.2, 0) is 14.8 Å².